The third-order valence-electron chi connectivity index (χ3n) is 7.28. The van der Waals surface area contributed by atoms with Gasteiger partial charge in [0.05, 0.1) is 19.8 Å². The molecule has 1 heterocycles. The summed E-state index contributed by atoms with van der Waals surface area (Å²) in [5, 5.41) is 0. The molecule has 1 aliphatic rings. The number of alkyl halides is 5. The summed E-state index contributed by atoms with van der Waals surface area (Å²) in [6.45, 7) is -0.372. The highest BCUT2D eigenvalue weighted by molar-refractivity contribution is 6.12. The number of rotatable bonds is 9. The number of hydrogen-bond donors (Lipinski definition) is 0. The van der Waals surface area contributed by atoms with Crippen LogP contribution in [0.4, 0.5) is 27.6 Å². The van der Waals surface area contributed by atoms with Crippen molar-refractivity contribution in [2.75, 3.05) is 38.8 Å². The molecule has 224 valence electrons. The molecule has 0 bridgehead atoms. The van der Waals surface area contributed by atoms with E-state index >= 15 is 0 Å². The molecule has 0 aromatic heterocycles. The number of benzene rings is 3. The maximum Gasteiger partial charge on any atom is 0.416 e. The number of halogens is 5. The Morgan fingerprint density at radius 1 is 0.905 bits per heavy atom. The summed E-state index contributed by atoms with van der Waals surface area (Å²) >= 11 is 0. The molecule has 4 rings (SSSR count). The summed E-state index contributed by atoms with van der Waals surface area (Å²) in [4.78, 5) is 30.8. The molecule has 1 unspecified atom stereocenters. The van der Waals surface area contributed by atoms with Crippen molar-refractivity contribution in [2.45, 2.75) is 37.3 Å². The number of hydrogen-bond acceptors (Lipinski definition) is 4. The van der Waals surface area contributed by atoms with E-state index in [9.17, 15) is 31.5 Å². The molecular formula is C31H31F5N2O4. The van der Waals surface area contributed by atoms with Crippen molar-refractivity contribution in [1.29, 1.82) is 0 Å². The molecule has 2 amide bonds. The van der Waals surface area contributed by atoms with E-state index in [4.69, 9.17) is 9.47 Å². The van der Waals surface area contributed by atoms with Gasteiger partial charge in [0, 0.05) is 44.2 Å². The molecule has 0 saturated carbocycles. The van der Waals surface area contributed by atoms with Crippen LogP contribution in [0, 0.1) is 0 Å². The van der Waals surface area contributed by atoms with Gasteiger partial charge in [0.15, 0.2) is 11.5 Å². The Balaban J connectivity index is 1.70. The molecule has 3 aromatic rings. The smallest absolute Gasteiger partial charge is 0.416 e. The van der Waals surface area contributed by atoms with Crippen LogP contribution in [0.3, 0.4) is 0 Å². The molecule has 0 radical (unpaired) electrons. The van der Waals surface area contributed by atoms with Crippen LogP contribution in [-0.4, -0.2) is 56.5 Å². The summed E-state index contributed by atoms with van der Waals surface area (Å²) < 4.78 is 77.6. The fourth-order valence-electron chi connectivity index (χ4n) is 4.89. The van der Waals surface area contributed by atoms with E-state index in [1.807, 2.05) is 0 Å². The average Bonchev–Trinajstić information content (AvgIpc) is 2.97. The maximum atomic E-state index is 14.3. The van der Waals surface area contributed by atoms with Gasteiger partial charge < -0.3 is 19.3 Å². The Morgan fingerprint density at radius 3 is 2.10 bits per heavy atom. The number of methoxy groups -OCH3 is 2. The van der Waals surface area contributed by atoms with Crippen LogP contribution < -0.4 is 14.4 Å². The second kappa shape index (κ2) is 12.8. The topological polar surface area (TPSA) is 59.1 Å². The van der Waals surface area contributed by atoms with Crippen molar-refractivity contribution >= 4 is 17.5 Å². The molecule has 0 spiro atoms. The van der Waals surface area contributed by atoms with Gasteiger partial charge in [0.1, 0.15) is 5.92 Å². The van der Waals surface area contributed by atoms with Crippen LogP contribution in [0.25, 0.3) is 0 Å². The number of carbonyl (C=O) groups is 2. The molecule has 11 heteroatoms. The van der Waals surface area contributed by atoms with Crippen molar-refractivity contribution in [3.8, 4) is 11.5 Å². The number of nitrogens with zero attached hydrogens (tertiary/aromatic N) is 2. The van der Waals surface area contributed by atoms with Crippen molar-refractivity contribution in [1.82, 2.24) is 4.90 Å². The summed E-state index contributed by atoms with van der Waals surface area (Å²) in [6.07, 6.45) is -5.31. The zero-order valence-corrected chi connectivity index (χ0v) is 23.2. The lowest BCUT2D eigenvalue weighted by Gasteiger charge is -2.35. The van der Waals surface area contributed by atoms with Gasteiger partial charge in [-0.1, -0.05) is 42.5 Å². The summed E-state index contributed by atoms with van der Waals surface area (Å²) in [5.41, 5.74) is 0.511. The fourth-order valence-corrected chi connectivity index (χ4v) is 4.89. The van der Waals surface area contributed by atoms with Gasteiger partial charge in [0.25, 0.3) is 5.92 Å². The standard InChI is InChI=1S/C31H31F5N2O4/c1-41-25-13-12-24(20-26(25)42-2)38(17-14-21-8-10-23(11-9-21)31(34,35)36)29(40)27(22-6-4-3-5-7-22)28(39)37-18-15-30(32,33)16-19-37/h3-13,20,27H,14-19H2,1-2H3. The van der Waals surface area contributed by atoms with Gasteiger partial charge in [-0.2, -0.15) is 13.2 Å². The van der Waals surface area contributed by atoms with Crippen molar-refractivity contribution in [3.05, 3.63) is 89.5 Å². The average molecular weight is 591 g/mol. The minimum Gasteiger partial charge on any atom is -0.493 e. The number of ether oxygens (including phenoxy) is 2. The molecule has 0 N–H and O–H groups in total. The molecule has 1 atom stereocenters. The van der Waals surface area contributed by atoms with Gasteiger partial charge >= 0.3 is 6.18 Å². The molecule has 0 aliphatic carbocycles. The third-order valence-corrected chi connectivity index (χ3v) is 7.28. The van der Waals surface area contributed by atoms with E-state index < -0.39 is 48.2 Å². The zero-order valence-electron chi connectivity index (χ0n) is 23.2. The lowest BCUT2D eigenvalue weighted by Crippen LogP contribution is -2.49. The Labute approximate surface area is 240 Å². The first-order valence-electron chi connectivity index (χ1n) is 13.3. The number of likely N-dealkylation sites (tertiary alicyclic amines) is 1. The quantitative estimate of drug-likeness (QED) is 0.216. The SMILES string of the molecule is COc1ccc(N(CCc2ccc(C(F)(F)F)cc2)C(=O)C(C(=O)N2CCC(F)(F)CC2)c2ccccc2)cc1OC. The number of amides is 2. The Kier molecular flexibility index (Phi) is 9.38. The number of carbonyl (C=O) groups excluding carboxylic acids is 2. The minimum atomic E-state index is -4.48. The monoisotopic (exact) mass is 590 g/mol. The first-order valence-corrected chi connectivity index (χ1v) is 13.3. The van der Waals surface area contributed by atoms with Crippen molar-refractivity contribution < 1.29 is 41.0 Å². The minimum absolute atomic E-state index is 0.00830. The van der Waals surface area contributed by atoms with E-state index in [-0.39, 0.29) is 26.1 Å². The molecule has 1 fully saturated rings. The van der Waals surface area contributed by atoms with Crippen LogP contribution in [0.2, 0.25) is 0 Å². The summed E-state index contributed by atoms with van der Waals surface area (Å²) in [7, 11) is 2.88. The Morgan fingerprint density at radius 2 is 1.52 bits per heavy atom. The second-order valence-corrected chi connectivity index (χ2v) is 10.00. The molecule has 1 aliphatic heterocycles. The van der Waals surface area contributed by atoms with Crippen LogP contribution in [0.5, 0.6) is 11.5 Å². The van der Waals surface area contributed by atoms with Crippen molar-refractivity contribution in [2.24, 2.45) is 0 Å². The van der Waals surface area contributed by atoms with Gasteiger partial charge in [-0.15, -0.1) is 0 Å². The number of piperidine rings is 1. The second-order valence-electron chi connectivity index (χ2n) is 10.00. The highest BCUT2D eigenvalue weighted by atomic mass is 19.4. The van der Waals surface area contributed by atoms with Gasteiger partial charge in [-0.3, -0.25) is 9.59 Å². The van der Waals surface area contributed by atoms with Crippen LogP contribution in [0.1, 0.15) is 35.4 Å². The Hall–Kier alpha value is -4.15. The number of anilines is 1. The summed E-state index contributed by atoms with van der Waals surface area (Å²) in [6, 6.07) is 17.7. The highest BCUT2D eigenvalue weighted by Gasteiger charge is 2.41. The molecule has 3 aromatic carbocycles. The molecule has 1 saturated heterocycles. The first kappa shape index (κ1) is 30.8. The normalized spacial score (nSPS) is 15.5. The fraction of sp³-hybridized carbons (Fsp3) is 0.355. The van der Waals surface area contributed by atoms with Crippen LogP contribution in [-0.2, 0) is 22.2 Å². The van der Waals surface area contributed by atoms with Gasteiger partial charge in [-0.05, 0) is 41.8 Å². The maximum absolute atomic E-state index is 14.3. The lowest BCUT2D eigenvalue weighted by atomic mass is 9.94. The lowest BCUT2D eigenvalue weighted by molar-refractivity contribution is -0.142. The van der Waals surface area contributed by atoms with Gasteiger partial charge in [0.2, 0.25) is 11.8 Å². The molecular weight excluding hydrogens is 559 g/mol. The summed E-state index contributed by atoms with van der Waals surface area (Å²) in [5.74, 6) is -4.69. The van der Waals surface area contributed by atoms with Gasteiger partial charge in [-0.25, -0.2) is 8.78 Å². The predicted octanol–water partition coefficient (Wildman–Crippen LogP) is 6.34. The van der Waals surface area contributed by atoms with E-state index in [2.05, 4.69) is 0 Å². The van der Waals surface area contributed by atoms with E-state index in [0.717, 1.165) is 12.1 Å². The van der Waals surface area contributed by atoms with Crippen LogP contribution in [0.15, 0.2) is 72.8 Å². The predicted molar refractivity (Wildman–Crippen MR) is 147 cm³/mol. The zero-order chi connectivity index (χ0) is 30.5. The van der Waals surface area contributed by atoms with Crippen molar-refractivity contribution in [3.63, 3.8) is 0 Å². The largest absolute Gasteiger partial charge is 0.493 e. The van der Waals surface area contributed by atoms with Crippen LogP contribution >= 0.6 is 0 Å². The highest BCUT2D eigenvalue weighted by Crippen LogP contribution is 2.35. The van der Waals surface area contributed by atoms with E-state index in [0.29, 0.717) is 28.3 Å². The third kappa shape index (κ3) is 7.18. The Bertz CT molecular complexity index is 1370. The first-order chi connectivity index (χ1) is 19.9. The van der Waals surface area contributed by atoms with E-state index in [1.54, 1.807) is 48.5 Å². The molecule has 6 nitrogen and oxygen atoms in total. The van der Waals surface area contributed by atoms with E-state index in [1.165, 1.54) is 36.2 Å². The molecule has 42 heavy (non-hydrogen) atoms.